The third-order valence-electron chi connectivity index (χ3n) is 2.41. The van der Waals surface area contributed by atoms with Crippen LogP contribution in [0.4, 0.5) is 4.79 Å². The maximum absolute atomic E-state index is 11.7. The molecule has 6 nitrogen and oxygen atoms in total. The molecule has 0 heterocycles. The average molecular weight is 264 g/mol. The normalized spacial score (nSPS) is 9.74. The second-order valence-corrected chi connectivity index (χ2v) is 4.04. The summed E-state index contributed by atoms with van der Waals surface area (Å²) in [6.45, 7) is 1.65. The van der Waals surface area contributed by atoms with E-state index in [9.17, 15) is 14.4 Å². The van der Waals surface area contributed by atoms with E-state index in [4.69, 9.17) is 5.11 Å². The number of rotatable bonds is 6. The Morgan fingerprint density at radius 1 is 1.11 bits per heavy atom. The quantitative estimate of drug-likeness (QED) is 0.667. The van der Waals surface area contributed by atoms with Crippen molar-refractivity contribution in [1.29, 1.82) is 0 Å². The van der Waals surface area contributed by atoms with Crippen LogP contribution in [0.1, 0.15) is 22.3 Å². The summed E-state index contributed by atoms with van der Waals surface area (Å²) in [4.78, 5) is 33.1. The molecule has 0 aromatic heterocycles. The van der Waals surface area contributed by atoms with E-state index >= 15 is 0 Å². The molecule has 0 fully saturated rings. The number of Topliss-reactive ketones (excluding diaryl/α,β-unsaturated/α-hetero) is 1. The lowest BCUT2D eigenvalue weighted by molar-refractivity contribution is -0.135. The van der Waals surface area contributed by atoms with Crippen LogP contribution in [0.25, 0.3) is 0 Å². The van der Waals surface area contributed by atoms with Gasteiger partial charge in [0.2, 0.25) is 0 Å². The number of hydrogen-bond donors (Lipinski definition) is 3. The number of amides is 2. The number of carbonyl (C=O) groups is 3. The Morgan fingerprint density at radius 3 is 2.32 bits per heavy atom. The van der Waals surface area contributed by atoms with Crippen molar-refractivity contribution in [2.75, 3.05) is 13.1 Å². The van der Waals surface area contributed by atoms with Gasteiger partial charge in [-0.2, -0.15) is 0 Å². The second kappa shape index (κ2) is 7.15. The van der Waals surface area contributed by atoms with Gasteiger partial charge in [0.25, 0.3) is 0 Å². The largest absolute Gasteiger partial charge is 0.480 e. The van der Waals surface area contributed by atoms with E-state index in [2.05, 4.69) is 10.6 Å². The summed E-state index contributed by atoms with van der Waals surface area (Å²) in [7, 11) is 0. The summed E-state index contributed by atoms with van der Waals surface area (Å²) < 4.78 is 0. The second-order valence-electron chi connectivity index (χ2n) is 4.04. The van der Waals surface area contributed by atoms with Crippen LogP contribution in [-0.4, -0.2) is 36.0 Å². The van der Waals surface area contributed by atoms with Crippen LogP contribution in [0.15, 0.2) is 24.3 Å². The molecule has 2 amide bonds. The van der Waals surface area contributed by atoms with Crippen LogP contribution in [-0.2, 0) is 4.79 Å². The molecule has 0 bridgehead atoms. The Hall–Kier alpha value is -2.37. The number of carboxylic acids is 1. The molecule has 1 aromatic rings. The summed E-state index contributed by atoms with van der Waals surface area (Å²) in [5.74, 6) is -1.19. The molecule has 6 heteroatoms. The molecule has 0 saturated carbocycles. The van der Waals surface area contributed by atoms with Gasteiger partial charge in [0.05, 0.1) is 0 Å². The summed E-state index contributed by atoms with van der Waals surface area (Å²) >= 11 is 0. The molecule has 0 radical (unpaired) electrons. The fourth-order valence-electron chi connectivity index (χ4n) is 1.39. The molecule has 102 valence electrons. The third kappa shape index (κ3) is 5.67. The number of ketones is 1. The first kappa shape index (κ1) is 14.7. The van der Waals surface area contributed by atoms with Gasteiger partial charge in [-0.15, -0.1) is 0 Å². The zero-order valence-corrected chi connectivity index (χ0v) is 10.6. The molecule has 3 N–H and O–H groups in total. The highest BCUT2D eigenvalue weighted by Gasteiger charge is 2.07. The molecular formula is C13H16N2O4. The van der Waals surface area contributed by atoms with Crippen LogP contribution in [0.3, 0.4) is 0 Å². The van der Waals surface area contributed by atoms with E-state index < -0.39 is 18.5 Å². The lowest BCUT2D eigenvalue weighted by Gasteiger charge is -2.05. The van der Waals surface area contributed by atoms with Crippen molar-refractivity contribution in [3.05, 3.63) is 35.4 Å². The number of carboxylic acid groups (broad SMARTS) is 1. The number of hydrogen-bond acceptors (Lipinski definition) is 3. The number of aliphatic carboxylic acids is 1. The molecule has 0 unspecified atom stereocenters. The topological polar surface area (TPSA) is 95.5 Å². The van der Waals surface area contributed by atoms with Gasteiger partial charge in [-0.3, -0.25) is 9.59 Å². The van der Waals surface area contributed by atoms with Gasteiger partial charge in [-0.05, 0) is 6.92 Å². The number of carbonyl (C=O) groups excluding carboxylic acids is 2. The molecule has 1 aromatic carbocycles. The summed E-state index contributed by atoms with van der Waals surface area (Å²) in [5.41, 5.74) is 1.67. The fourth-order valence-corrected chi connectivity index (χ4v) is 1.39. The smallest absolute Gasteiger partial charge is 0.323 e. The Labute approximate surface area is 110 Å². The van der Waals surface area contributed by atoms with E-state index in [1.54, 1.807) is 12.1 Å². The molecule has 0 aliphatic carbocycles. The van der Waals surface area contributed by atoms with Gasteiger partial charge in [-0.1, -0.05) is 29.8 Å². The van der Waals surface area contributed by atoms with Crippen molar-refractivity contribution < 1.29 is 19.5 Å². The summed E-state index contributed by atoms with van der Waals surface area (Å²) in [5, 5.41) is 12.9. The summed E-state index contributed by atoms with van der Waals surface area (Å²) in [6.07, 6.45) is 0.170. The maximum atomic E-state index is 11.7. The van der Waals surface area contributed by atoms with Crippen molar-refractivity contribution in [3.63, 3.8) is 0 Å². The fraction of sp³-hybridized carbons (Fsp3) is 0.308. The predicted octanol–water partition coefficient (Wildman–Crippen LogP) is 0.952. The van der Waals surface area contributed by atoms with Crippen molar-refractivity contribution >= 4 is 17.8 Å². The van der Waals surface area contributed by atoms with Gasteiger partial charge >= 0.3 is 12.0 Å². The minimum atomic E-state index is -1.12. The Bertz CT molecular complexity index is 468. The highest BCUT2D eigenvalue weighted by atomic mass is 16.4. The lowest BCUT2D eigenvalue weighted by Crippen LogP contribution is -2.39. The number of benzene rings is 1. The van der Waals surface area contributed by atoms with E-state index in [0.717, 1.165) is 5.56 Å². The first-order chi connectivity index (χ1) is 8.99. The number of nitrogens with one attached hydrogen (secondary N) is 2. The molecule has 19 heavy (non-hydrogen) atoms. The minimum absolute atomic E-state index is 0.0708. The molecule has 0 spiro atoms. The minimum Gasteiger partial charge on any atom is -0.480 e. The molecule has 0 atom stereocenters. The first-order valence-electron chi connectivity index (χ1n) is 5.82. The lowest BCUT2D eigenvalue weighted by atomic mass is 10.1. The highest BCUT2D eigenvalue weighted by Crippen LogP contribution is 2.05. The van der Waals surface area contributed by atoms with Crippen LogP contribution in [0.2, 0.25) is 0 Å². The first-order valence-corrected chi connectivity index (χ1v) is 5.82. The molecular weight excluding hydrogens is 248 g/mol. The SMILES string of the molecule is Cc1ccc(C(=O)CCNC(=O)NCC(=O)O)cc1. The third-order valence-corrected chi connectivity index (χ3v) is 2.41. The van der Waals surface area contributed by atoms with Crippen LogP contribution < -0.4 is 10.6 Å². The van der Waals surface area contributed by atoms with E-state index in [-0.39, 0.29) is 18.7 Å². The Kier molecular flexibility index (Phi) is 5.53. The average Bonchev–Trinajstić information content (AvgIpc) is 2.37. The Balaban J connectivity index is 2.29. The van der Waals surface area contributed by atoms with Crippen LogP contribution in [0.5, 0.6) is 0 Å². The van der Waals surface area contributed by atoms with E-state index in [1.165, 1.54) is 0 Å². The van der Waals surface area contributed by atoms with Crippen molar-refractivity contribution in [2.45, 2.75) is 13.3 Å². The Morgan fingerprint density at radius 2 is 1.74 bits per heavy atom. The molecule has 0 aliphatic heterocycles. The van der Waals surface area contributed by atoms with Gasteiger partial charge in [0.15, 0.2) is 5.78 Å². The van der Waals surface area contributed by atoms with E-state index in [0.29, 0.717) is 5.56 Å². The van der Waals surface area contributed by atoms with Crippen molar-refractivity contribution in [1.82, 2.24) is 10.6 Å². The summed E-state index contributed by atoms with van der Waals surface area (Å²) in [6, 6.07) is 6.57. The van der Waals surface area contributed by atoms with Gasteiger partial charge in [-0.25, -0.2) is 4.79 Å². The number of urea groups is 1. The van der Waals surface area contributed by atoms with Crippen LogP contribution in [0, 0.1) is 6.92 Å². The molecule has 0 aliphatic rings. The van der Waals surface area contributed by atoms with Gasteiger partial charge in [0.1, 0.15) is 6.54 Å². The standard InChI is InChI=1S/C13H16N2O4/c1-9-2-4-10(5-3-9)11(16)6-7-14-13(19)15-8-12(17)18/h2-5H,6-8H2,1H3,(H,17,18)(H2,14,15,19). The molecule has 0 saturated heterocycles. The van der Waals surface area contributed by atoms with Gasteiger partial charge in [0, 0.05) is 18.5 Å². The zero-order chi connectivity index (χ0) is 14.3. The highest BCUT2D eigenvalue weighted by molar-refractivity contribution is 5.96. The maximum Gasteiger partial charge on any atom is 0.323 e. The van der Waals surface area contributed by atoms with E-state index in [1.807, 2.05) is 19.1 Å². The zero-order valence-electron chi connectivity index (χ0n) is 10.6. The molecule has 1 rings (SSSR count). The van der Waals surface area contributed by atoms with Crippen molar-refractivity contribution in [3.8, 4) is 0 Å². The van der Waals surface area contributed by atoms with Crippen LogP contribution >= 0.6 is 0 Å². The number of aryl methyl sites for hydroxylation is 1. The monoisotopic (exact) mass is 264 g/mol. The predicted molar refractivity (Wildman–Crippen MR) is 69.2 cm³/mol. The van der Waals surface area contributed by atoms with Crippen molar-refractivity contribution in [2.24, 2.45) is 0 Å². The van der Waals surface area contributed by atoms with Gasteiger partial charge < -0.3 is 15.7 Å².